The van der Waals surface area contributed by atoms with E-state index in [1.807, 2.05) is 0 Å². The highest BCUT2D eigenvalue weighted by Gasteiger charge is 2.22. The number of carboxylic acids is 1. The van der Waals surface area contributed by atoms with E-state index in [2.05, 4.69) is 9.47 Å². The highest BCUT2D eigenvalue weighted by Crippen LogP contribution is 2.27. The summed E-state index contributed by atoms with van der Waals surface area (Å²) in [4.78, 5) is 57.4. The normalized spacial score (nSPS) is 15.3. The van der Waals surface area contributed by atoms with Gasteiger partial charge in [-0.2, -0.15) is 0 Å². The Bertz CT molecular complexity index is 806. The number of carbonyl (C=O) groups is 5. The van der Waals surface area contributed by atoms with Gasteiger partial charge in [0.25, 0.3) is 0 Å². The van der Waals surface area contributed by atoms with Crippen LogP contribution in [0.15, 0.2) is 35.8 Å². The third-order valence-electron chi connectivity index (χ3n) is 4.62. The van der Waals surface area contributed by atoms with Crippen LogP contribution in [0.2, 0.25) is 0 Å². The second-order valence-electron chi connectivity index (χ2n) is 7.23. The number of unbranched alkanes of at least 4 members (excludes halogenated alkanes) is 2. The first kappa shape index (κ1) is 27.6. The summed E-state index contributed by atoms with van der Waals surface area (Å²) in [5, 5.41) is 8.82. The lowest BCUT2D eigenvalue weighted by molar-refractivity contribution is -0.144. The maximum Gasteiger partial charge on any atom is 0.327 e. The van der Waals surface area contributed by atoms with E-state index >= 15 is 0 Å². The molecule has 0 heterocycles. The number of carboxylic acid groups (broad SMARTS) is 1. The minimum absolute atomic E-state index is 0.0502. The predicted octanol–water partition coefficient (Wildman–Crippen LogP) is 2.97. The molecule has 0 saturated heterocycles. The van der Waals surface area contributed by atoms with Crippen molar-refractivity contribution in [2.75, 3.05) is 14.2 Å². The fourth-order valence-corrected chi connectivity index (χ4v) is 2.85. The molecular formula is C23H30O10. The molecule has 0 aliphatic heterocycles. The Kier molecular flexibility index (Phi) is 12.9. The van der Waals surface area contributed by atoms with Crippen molar-refractivity contribution in [1.82, 2.24) is 0 Å². The van der Waals surface area contributed by atoms with Crippen LogP contribution in [0.3, 0.4) is 0 Å². The van der Waals surface area contributed by atoms with Gasteiger partial charge in [-0.15, -0.1) is 0 Å². The molecule has 1 unspecified atom stereocenters. The quantitative estimate of drug-likeness (QED) is 0.176. The molecule has 1 rings (SSSR count). The maximum atomic E-state index is 12.2. The van der Waals surface area contributed by atoms with Gasteiger partial charge in [0.05, 0.1) is 14.2 Å². The van der Waals surface area contributed by atoms with Crippen LogP contribution in [0.4, 0.5) is 0 Å². The largest absolute Gasteiger partial charge is 0.478 e. The van der Waals surface area contributed by atoms with Gasteiger partial charge in [-0.1, -0.05) is 12.2 Å². The molecule has 0 aromatic rings. The van der Waals surface area contributed by atoms with Crippen molar-refractivity contribution < 1.29 is 48.0 Å². The molecule has 1 atom stereocenters. The van der Waals surface area contributed by atoms with Gasteiger partial charge < -0.3 is 24.1 Å². The van der Waals surface area contributed by atoms with E-state index in [1.165, 1.54) is 26.4 Å². The van der Waals surface area contributed by atoms with Crippen molar-refractivity contribution in [3.63, 3.8) is 0 Å². The molecule has 33 heavy (non-hydrogen) atoms. The molecule has 0 fully saturated rings. The molecule has 0 aromatic carbocycles. The average molecular weight is 466 g/mol. The van der Waals surface area contributed by atoms with E-state index in [9.17, 15) is 24.0 Å². The van der Waals surface area contributed by atoms with Gasteiger partial charge >= 0.3 is 29.8 Å². The fourth-order valence-electron chi connectivity index (χ4n) is 2.85. The van der Waals surface area contributed by atoms with Gasteiger partial charge in [0.15, 0.2) is 11.5 Å². The molecule has 10 nitrogen and oxygen atoms in total. The van der Waals surface area contributed by atoms with Crippen LogP contribution in [0.25, 0.3) is 0 Å². The molecule has 10 heteroatoms. The standard InChI is InChI=1S/C23H30O10/c1-30-20(26)7-3-5-9-22(28)32-17-13-11-16(12-14-19(24)25)15-18(17)33-23(29)10-6-4-8-21(27)31-2/h11-14,16H,3-10,15H2,1-2H3,(H,24,25)/b14-12+. The molecule has 0 spiro atoms. The monoisotopic (exact) mass is 466 g/mol. The summed E-state index contributed by atoms with van der Waals surface area (Å²) in [7, 11) is 2.58. The second-order valence-corrected chi connectivity index (χ2v) is 7.23. The van der Waals surface area contributed by atoms with Crippen LogP contribution in [-0.4, -0.2) is 49.2 Å². The Balaban J connectivity index is 2.70. The van der Waals surface area contributed by atoms with Crippen LogP contribution in [-0.2, 0) is 42.9 Å². The zero-order valence-corrected chi connectivity index (χ0v) is 18.9. The van der Waals surface area contributed by atoms with Gasteiger partial charge in [-0.3, -0.25) is 19.2 Å². The smallest absolute Gasteiger partial charge is 0.327 e. The molecular weight excluding hydrogens is 436 g/mol. The Hall–Kier alpha value is -3.43. The van der Waals surface area contributed by atoms with Crippen molar-refractivity contribution >= 4 is 29.8 Å². The van der Waals surface area contributed by atoms with Gasteiger partial charge in [0.2, 0.25) is 0 Å². The van der Waals surface area contributed by atoms with Crippen molar-refractivity contribution in [2.45, 2.75) is 57.8 Å². The van der Waals surface area contributed by atoms with Crippen LogP contribution in [0.1, 0.15) is 57.8 Å². The Morgan fingerprint density at radius 2 is 1.33 bits per heavy atom. The zero-order chi connectivity index (χ0) is 24.6. The Morgan fingerprint density at radius 1 is 0.848 bits per heavy atom. The molecule has 0 aromatic heterocycles. The highest BCUT2D eigenvalue weighted by atomic mass is 16.6. The first-order valence-corrected chi connectivity index (χ1v) is 10.6. The summed E-state index contributed by atoms with van der Waals surface area (Å²) in [6.07, 6.45) is 7.93. The number of hydrogen-bond acceptors (Lipinski definition) is 9. The average Bonchev–Trinajstić information content (AvgIpc) is 2.79. The van der Waals surface area contributed by atoms with Gasteiger partial charge in [0.1, 0.15) is 0 Å². The lowest BCUT2D eigenvalue weighted by atomic mass is 9.98. The second kappa shape index (κ2) is 15.4. The van der Waals surface area contributed by atoms with Crippen molar-refractivity contribution in [3.05, 3.63) is 35.8 Å². The van der Waals surface area contributed by atoms with Gasteiger partial charge in [-0.25, -0.2) is 4.79 Å². The van der Waals surface area contributed by atoms with Crippen molar-refractivity contribution in [2.24, 2.45) is 5.92 Å². The highest BCUT2D eigenvalue weighted by molar-refractivity contribution is 5.79. The number of allylic oxidation sites excluding steroid dienone is 4. The lowest BCUT2D eigenvalue weighted by Crippen LogP contribution is -2.15. The van der Waals surface area contributed by atoms with Crippen LogP contribution in [0, 0.1) is 5.92 Å². The van der Waals surface area contributed by atoms with E-state index in [1.54, 1.807) is 6.08 Å². The van der Waals surface area contributed by atoms with Crippen LogP contribution in [0.5, 0.6) is 0 Å². The summed E-state index contributed by atoms with van der Waals surface area (Å²) in [5.41, 5.74) is 0. The maximum absolute atomic E-state index is 12.2. The first-order valence-electron chi connectivity index (χ1n) is 10.6. The molecule has 0 amide bonds. The summed E-state index contributed by atoms with van der Waals surface area (Å²) in [6, 6.07) is 0. The number of carbonyl (C=O) groups excluding carboxylic acids is 4. The summed E-state index contributed by atoms with van der Waals surface area (Å²) < 4.78 is 19.8. The molecule has 0 radical (unpaired) electrons. The Labute approximate surface area is 192 Å². The molecule has 1 N–H and O–H groups in total. The zero-order valence-electron chi connectivity index (χ0n) is 18.9. The topological polar surface area (TPSA) is 142 Å². The van der Waals surface area contributed by atoms with E-state index in [0.717, 1.165) is 6.08 Å². The van der Waals surface area contributed by atoms with E-state index in [-0.39, 0.29) is 61.5 Å². The number of esters is 4. The number of rotatable bonds is 14. The van der Waals surface area contributed by atoms with Gasteiger partial charge in [-0.05, 0) is 31.8 Å². The van der Waals surface area contributed by atoms with Crippen LogP contribution >= 0.6 is 0 Å². The van der Waals surface area contributed by atoms with E-state index in [4.69, 9.17) is 14.6 Å². The van der Waals surface area contributed by atoms with Gasteiger partial charge in [0, 0.05) is 44.1 Å². The first-order chi connectivity index (χ1) is 15.7. The summed E-state index contributed by atoms with van der Waals surface area (Å²) in [6.45, 7) is 0. The number of aliphatic carboxylic acids is 1. The number of ether oxygens (including phenoxy) is 4. The minimum atomic E-state index is -1.11. The van der Waals surface area contributed by atoms with E-state index < -0.39 is 17.9 Å². The van der Waals surface area contributed by atoms with Crippen molar-refractivity contribution in [3.8, 4) is 0 Å². The van der Waals surface area contributed by atoms with Crippen LogP contribution < -0.4 is 0 Å². The SMILES string of the molecule is COC(=O)CCCCC(=O)OC1=C(OC(=O)CCCCC(=O)OC)CC(/C=C/C(=O)O)C=C1. The summed E-state index contributed by atoms with van der Waals surface area (Å²) in [5.74, 6) is -3.09. The number of methoxy groups -OCH3 is 2. The van der Waals surface area contributed by atoms with Crippen molar-refractivity contribution in [1.29, 1.82) is 0 Å². The molecule has 0 bridgehead atoms. The molecule has 1 aliphatic rings. The third-order valence-corrected chi connectivity index (χ3v) is 4.62. The fraction of sp³-hybridized carbons (Fsp3) is 0.522. The van der Waals surface area contributed by atoms with E-state index in [0.29, 0.717) is 25.7 Å². The molecule has 0 saturated carbocycles. The number of hydrogen-bond donors (Lipinski definition) is 1. The third kappa shape index (κ3) is 12.3. The summed E-state index contributed by atoms with van der Waals surface area (Å²) >= 11 is 0. The molecule has 1 aliphatic carbocycles. The Morgan fingerprint density at radius 3 is 1.82 bits per heavy atom. The predicted molar refractivity (Wildman–Crippen MR) is 114 cm³/mol. The lowest BCUT2D eigenvalue weighted by Gasteiger charge is -2.19. The minimum Gasteiger partial charge on any atom is -0.478 e. The molecule has 182 valence electrons.